The van der Waals surface area contributed by atoms with E-state index in [1.165, 1.54) is 38.5 Å². The van der Waals surface area contributed by atoms with Crippen LogP contribution < -0.4 is 10.2 Å². The van der Waals surface area contributed by atoms with Crippen molar-refractivity contribution in [1.29, 1.82) is 0 Å². The molecular formula is C24H30N8O. The summed E-state index contributed by atoms with van der Waals surface area (Å²) >= 11 is 0. The van der Waals surface area contributed by atoms with Crippen LogP contribution in [0.4, 0.5) is 11.9 Å². The van der Waals surface area contributed by atoms with Crippen LogP contribution in [0.1, 0.15) is 69.4 Å². The molecule has 4 aromatic rings. The van der Waals surface area contributed by atoms with Gasteiger partial charge in [0.05, 0.1) is 6.20 Å². The van der Waals surface area contributed by atoms with Crippen LogP contribution in [0.15, 0.2) is 29.0 Å². The van der Waals surface area contributed by atoms with E-state index in [0.717, 1.165) is 46.8 Å². The van der Waals surface area contributed by atoms with E-state index >= 15 is 0 Å². The smallest absolute Gasteiger partial charge is 0.230 e. The van der Waals surface area contributed by atoms with Gasteiger partial charge in [-0.3, -0.25) is 0 Å². The molecule has 1 saturated carbocycles. The molecule has 0 amide bonds. The molecule has 9 nitrogen and oxygen atoms in total. The third-order valence-electron chi connectivity index (χ3n) is 7.58. The summed E-state index contributed by atoms with van der Waals surface area (Å²) in [5.41, 5.74) is 5.08. The van der Waals surface area contributed by atoms with Crippen molar-refractivity contribution in [3.05, 3.63) is 35.5 Å². The molecule has 0 atom stereocenters. The summed E-state index contributed by atoms with van der Waals surface area (Å²) in [7, 11) is 0. The number of nitrogens with zero attached hydrogens (tertiary/aromatic N) is 7. The van der Waals surface area contributed by atoms with E-state index in [0.29, 0.717) is 23.8 Å². The van der Waals surface area contributed by atoms with Crippen molar-refractivity contribution < 1.29 is 4.63 Å². The Balaban J connectivity index is 1.32. The van der Waals surface area contributed by atoms with Gasteiger partial charge in [0.2, 0.25) is 11.9 Å². The Bertz CT molecular complexity index is 1280. The Labute approximate surface area is 192 Å². The van der Waals surface area contributed by atoms with Gasteiger partial charge in [-0.1, -0.05) is 38.8 Å². The van der Waals surface area contributed by atoms with E-state index in [4.69, 9.17) is 14.6 Å². The van der Waals surface area contributed by atoms with Gasteiger partial charge in [-0.05, 0) is 53.4 Å². The molecule has 6 rings (SSSR count). The van der Waals surface area contributed by atoms with Gasteiger partial charge in [-0.25, -0.2) is 4.63 Å². The first-order chi connectivity index (χ1) is 16.1. The van der Waals surface area contributed by atoms with Crippen molar-refractivity contribution in [2.24, 2.45) is 5.41 Å². The van der Waals surface area contributed by atoms with Crippen molar-refractivity contribution in [1.82, 2.24) is 29.9 Å². The minimum atomic E-state index is 0.330. The highest BCUT2D eigenvalue weighted by Gasteiger charge is 2.37. The van der Waals surface area contributed by atoms with E-state index in [-0.39, 0.29) is 0 Å². The summed E-state index contributed by atoms with van der Waals surface area (Å²) in [6.45, 7) is 6.93. The Morgan fingerprint density at radius 3 is 2.67 bits per heavy atom. The van der Waals surface area contributed by atoms with Crippen LogP contribution >= 0.6 is 0 Å². The monoisotopic (exact) mass is 446 g/mol. The van der Waals surface area contributed by atoms with Crippen LogP contribution in [-0.4, -0.2) is 43.0 Å². The van der Waals surface area contributed by atoms with Gasteiger partial charge < -0.3 is 10.2 Å². The predicted octanol–water partition coefficient (Wildman–Crippen LogP) is 4.56. The zero-order valence-electron chi connectivity index (χ0n) is 19.3. The summed E-state index contributed by atoms with van der Waals surface area (Å²) in [6, 6.07) is 5.88. The Hall–Kier alpha value is -3.23. The highest BCUT2D eigenvalue weighted by molar-refractivity contribution is 5.77. The number of nitrogens with one attached hydrogen (secondary N) is 1. The minimum Gasteiger partial charge on any atom is -0.350 e. The second-order valence-corrected chi connectivity index (χ2v) is 9.93. The van der Waals surface area contributed by atoms with Gasteiger partial charge in [-0.15, -0.1) is 0 Å². The molecule has 1 aliphatic carbocycles. The summed E-state index contributed by atoms with van der Waals surface area (Å²) in [5.74, 6) is 1.81. The van der Waals surface area contributed by atoms with Crippen LogP contribution in [-0.2, 0) is 6.54 Å². The highest BCUT2D eigenvalue weighted by Crippen LogP contribution is 2.46. The first-order valence-corrected chi connectivity index (χ1v) is 12.1. The highest BCUT2D eigenvalue weighted by atomic mass is 16.6. The lowest BCUT2D eigenvalue weighted by atomic mass is 9.77. The fourth-order valence-electron chi connectivity index (χ4n) is 5.53. The second kappa shape index (κ2) is 7.97. The first kappa shape index (κ1) is 20.4. The lowest BCUT2D eigenvalue weighted by molar-refractivity contribution is 0.225. The number of fused-ring (bicyclic) bond motifs is 2. The van der Waals surface area contributed by atoms with Gasteiger partial charge >= 0.3 is 0 Å². The third-order valence-corrected chi connectivity index (χ3v) is 7.58. The molecule has 1 saturated heterocycles. The van der Waals surface area contributed by atoms with Crippen LogP contribution in [0.3, 0.4) is 0 Å². The SMILES string of the molecule is CC(C)c1cnn2c(NCc3cccc4nonc34)nc(N3CCC4(CCCC4)CC3)nc12. The van der Waals surface area contributed by atoms with Gasteiger partial charge in [0.15, 0.2) is 5.65 Å². The number of anilines is 2. The fourth-order valence-corrected chi connectivity index (χ4v) is 5.53. The molecule has 1 N–H and O–H groups in total. The first-order valence-electron chi connectivity index (χ1n) is 12.1. The van der Waals surface area contributed by atoms with Gasteiger partial charge in [0.25, 0.3) is 0 Å². The van der Waals surface area contributed by atoms with Crippen molar-refractivity contribution >= 4 is 28.6 Å². The number of hydrogen-bond acceptors (Lipinski definition) is 8. The van der Waals surface area contributed by atoms with Gasteiger partial charge in [-0.2, -0.15) is 19.6 Å². The quantitative estimate of drug-likeness (QED) is 0.477. The zero-order chi connectivity index (χ0) is 22.4. The van der Waals surface area contributed by atoms with Gasteiger partial charge in [0.1, 0.15) is 11.0 Å². The minimum absolute atomic E-state index is 0.330. The molecule has 33 heavy (non-hydrogen) atoms. The summed E-state index contributed by atoms with van der Waals surface area (Å²) in [5, 5.41) is 16.1. The fraction of sp³-hybridized carbons (Fsp3) is 0.542. The number of benzene rings is 1. The molecule has 3 aromatic heterocycles. The van der Waals surface area contributed by atoms with E-state index in [9.17, 15) is 0 Å². The Kier molecular flexibility index (Phi) is 4.92. The maximum absolute atomic E-state index is 4.99. The number of hydrogen-bond donors (Lipinski definition) is 1. The van der Waals surface area contributed by atoms with Crippen molar-refractivity contribution in [2.75, 3.05) is 23.3 Å². The maximum atomic E-state index is 4.99. The average molecular weight is 447 g/mol. The molecule has 2 fully saturated rings. The van der Waals surface area contributed by atoms with Crippen LogP contribution in [0, 0.1) is 5.41 Å². The van der Waals surface area contributed by atoms with Crippen molar-refractivity contribution in [2.45, 2.75) is 64.8 Å². The predicted molar refractivity (Wildman–Crippen MR) is 126 cm³/mol. The second-order valence-electron chi connectivity index (χ2n) is 9.93. The Morgan fingerprint density at radius 1 is 1.06 bits per heavy atom. The molecule has 1 aliphatic heterocycles. The third kappa shape index (κ3) is 3.59. The molecule has 172 valence electrons. The molecule has 9 heteroatoms. The standard InChI is InChI=1S/C24H30N8O/c1-16(2)18-15-26-32-21(18)27-23(31-12-10-24(11-13-31)8-3-4-9-24)28-22(32)25-14-17-6-5-7-19-20(17)30-33-29-19/h5-7,15-16H,3-4,8-14H2,1-2H3,(H,25,27,28). The number of piperidine rings is 1. The molecule has 1 aromatic carbocycles. The van der Waals surface area contributed by atoms with Crippen molar-refractivity contribution in [3.63, 3.8) is 0 Å². The molecule has 0 unspecified atom stereocenters. The molecule has 0 radical (unpaired) electrons. The largest absolute Gasteiger partial charge is 0.350 e. The topological polar surface area (TPSA) is 97.3 Å². The number of aromatic nitrogens is 6. The zero-order valence-corrected chi connectivity index (χ0v) is 19.3. The number of rotatable bonds is 5. The molecule has 2 aliphatic rings. The molecule has 4 heterocycles. The summed E-state index contributed by atoms with van der Waals surface area (Å²) in [6.07, 6.45) is 9.93. The van der Waals surface area contributed by atoms with E-state index in [1.807, 2.05) is 28.9 Å². The lowest BCUT2D eigenvalue weighted by Crippen LogP contribution is -2.40. The summed E-state index contributed by atoms with van der Waals surface area (Å²) in [4.78, 5) is 12.3. The van der Waals surface area contributed by atoms with Crippen LogP contribution in [0.25, 0.3) is 16.7 Å². The van der Waals surface area contributed by atoms with Crippen molar-refractivity contribution in [3.8, 4) is 0 Å². The Morgan fingerprint density at radius 2 is 1.88 bits per heavy atom. The molecule has 1 spiro atoms. The van der Waals surface area contributed by atoms with E-state index in [2.05, 4.69) is 39.5 Å². The average Bonchev–Trinajstić information content (AvgIpc) is 3.57. The normalized spacial score (nSPS) is 18.2. The van der Waals surface area contributed by atoms with E-state index in [1.54, 1.807) is 0 Å². The van der Waals surface area contributed by atoms with Crippen LogP contribution in [0.5, 0.6) is 0 Å². The molecular weight excluding hydrogens is 416 g/mol. The van der Waals surface area contributed by atoms with E-state index < -0.39 is 0 Å². The summed E-state index contributed by atoms with van der Waals surface area (Å²) < 4.78 is 6.74. The lowest BCUT2D eigenvalue weighted by Gasteiger charge is -2.39. The maximum Gasteiger partial charge on any atom is 0.230 e. The molecule has 0 bridgehead atoms. The van der Waals surface area contributed by atoms with Crippen LogP contribution in [0.2, 0.25) is 0 Å². The van der Waals surface area contributed by atoms with Gasteiger partial charge in [0, 0.05) is 30.8 Å².